The first-order chi connectivity index (χ1) is 9.26. The van der Waals surface area contributed by atoms with Crippen LogP contribution in [0.2, 0.25) is 0 Å². The number of hydrogen-bond acceptors (Lipinski definition) is 6. The van der Waals surface area contributed by atoms with Gasteiger partial charge >= 0.3 is 5.97 Å². The second-order valence-electron chi connectivity index (χ2n) is 4.70. The summed E-state index contributed by atoms with van der Waals surface area (Å²) in [6.07, 6.45) is 2.85. The van der Waals surface area contributed by atoms with Crippen molar-refractivity contribution in [2.45, 2.75) is 52.2 Å². The summed E-state index contributed by atoms with van der Waals surface area (Å²) in [5.41, 5.74) is 0. The van der Waals surface area contributed by atoms with Crippen molar-refractivity contribution in [2.75, 3.05) is 13.2 Å². The molecule has 0 N–H and O–H groups in total. The Morgan fingerprint density at radius 2 is 2.32 bits per heavy atom. The van der Waals surface area contributed by atoms with Crippen LogP contribution in [0.5, 0.6) is 0 Å². The van der Waals surface area contributed by atoms with Crippen LogP contribution in [-0.2, 0) is 22.6 Å². The molecule has 0 bridgehead atoms. The zero-order chi connectivity index (χ0) is 13.7. The number of nitrogens with zero attached hydrogens (tertiary/aromatic N) is 5. The molecule has 0 aromatic carbocycles. The zero-order valence-corrected chi connectivity index (χ0v) is 11.6. The Morgan fingerprint density at radius 1 is 1.47 bits per heavy atom. The van der Waals surface area contributed by atoms with Gasteiger partial charge in [-0.2, -0.15) is 0 Å². The molecular formula is C12H21N5O2. The van der Waals surface area contributed by atoms with E-state index >= 15 is 0 Å². The third-order valence-electron chi connectivity index (χ3n) is 3.31. The molecule has 0 spiro atoms. The van der Waals surface area contributed by atoms with Crippen LogP contribution in [-0.4, -0.2) is 50.3 Å². The molecule has 0 amide bonds. The Hall–Kier alpha value is -1.50. The molecule has 1 aromatic rings. The Kier molecular flexibility index (Phi) is 4.84. The molecule has 2 heterocycles. The van der Waals surface area contributed by atoms with E-state index in [1.54, 1.807) is 4.68 Å². The quantitative estimate of drug-likeness (QED) is 0.703. The van der Waals surface area contributed by atoms with Crippen LogP contribution >= 0.6 is 0 Å². The van der Waals surface area contributed by atoms with E-state index in [9.17, 15) is 4.79 Å². The molecule has 7 nitrogen and oxygen atoms in total. The number of aryl methyl sites for hydroxylation is 1. The van der Waals surface area contributed by atoms with E-state index in [0.717, 1.165) is 38.2 Å². The topological polar surface area (TPSA) is 73.1 Å². The number of tetrazole rings is 1. The van der Waals surface area contributed by atoms with Crippen molar-refractivity contribution in [3.63, 3.8) is 0 Å². The highest BCUT2D eigenvalue weighted by Crippen LogP contribution is 2.20. The number of ether oxygens (including phenoxy) is 1. The largest absolute Gasteiger partial charge is 0.465 e. The molecule has 1 fully saturated rings. The summed E-state index contributed by atoms with van der Waals surface area (Å²) in [4.78, 5) is 14.0. The van der Waals surface area contributed by atoms with Gasteiger partial charge in [-0.15, -0.1) is 5.10 Å². The number of aromatic nitrogens is 4. The van der Waals surface area contributed by atoms with Crippen molar-refractivity contribution in [3.05, 3.63) is 5.82 Å². The van der Waals surface area contributed by atoms with E-state index in [-0.39, 0.29) is 12.0 Å². The van der Waals surface area contributed by atoms with Crippen LogP contribution in [0.4, 0.5) is 0 Å². The SMILES string of the molecule is CCCn1nnnc1CN1CCCC1C(=O)OCC. The van der Waals surface area contributed by atoms with Gasteiger partial charge in [-0.1, -0.05) is 6.92 Å². The Morgan fingerprint density at radius 3 is 3.05 bits per heavy atom. The van der Waals surface area contributed by atoms with Gasteiger partial charge in [-0.05, 0) is 43.2 Å². The minimum atomic E-state index is -0.147. The van der Waals surface area contributed by atoms with Gasteiger partial charge in [0.25, 0.3) is 0 Å². The zero-order valence-electron chi connectivity index (χ0n) is 11.6. The van der Waals surface area contributed by atoms with Crippen molar-refractivity contribution in [2.24, 2.45) is 0 Å². The molecular weight excluding hydrogens is 246 g/mol. The Bertz CT molecular complexity index is 420. The second-order valence-corrected chi connectivity index (χ2v) is 4.70. The van der Waals surface area contributed by atoms with Crippen LogP contribution in [0.15, 0.2) is 0 Å². The first-order valence-electron chi connectivity index (χ1n) is 6.92. The third-order valence-corrected chi connectivity index (χ3v) is 3.31. The lowest BCUT2D eigenvalue weighted by Crippen LogP contribution is -2.37. The molecule has 0 radical (unpaired) electrons. The fraction of sp³-hybridized carbons (Fsp3) is 0.833. The summed E-state index contributed by atoms with van der Waals surface area (Å²) >= 11 is 0. The normalized spacial score (nSPS) is 19.8. The Labute approximate surface area is 112 Å². The summed E-state index contributed by atoms with van der Waals surface area (Å²) in [5, 5.41) is 11.7. The first-order valence-corrected chi connectivity index (χ1v) is 6.92. The number of likely N-dealkylation sites (tertiary alicyclic amines) is 1. The standard InChI is InChI=1S/C12H21N5O2/c1-3-7-17-11(13-14-15-17)9-16-8-5-6-10(16)12(18)19-4-2/h10H,3-9H2,1-2H3. The number of carbonyl (C=O) groups is 1. The Balaban J connectivity index is 2.00. The molecule has 1 aliphatic heterocycles. The lowest BCUT2D eigenvalue weighted by Gasteiger charge is -2.21. The lowest BCUT2D eigenvalue weighted by molar-refractivity contribution is -0.148. The maximum absolute atomic E-state index is 11.9. The maximum Gasteiger partial charge on any atom is 0.323 e. The van der Waals surface area contributed by atoms with E-state index in [0.29, 0.717) is 13.2 Å². The monoisotopic (exact) mass is 267 g/mol. The molecule has 0 saturated carbocycles. The molecule has 1 aromatic heterocycles. The molecule has 19 heavy (non-hydrogen) atoms. The van der Waals surface area contributed by atoms with Gasteiger partial charge in [0.2, 0.25) is 0 Å². The molecule has 1 atom stereocenters. The average Bonchev–Trinajstić information content (AvgIpc) is 3.01. The average molecular weight is 267 g/mol. The van der Waals surface area contributed by atoms with Crippen molar-refractivity contribution >= 4 is 5.97 Å². The molecule has 1 aliphatic rings. The number of rotatable bonds is 6. The van der Waals surface area contributed by atoms with Gasteiger partial charge in [0.05, 0.1) is 13.2 Å². The predicted molar refractivity (Wildman–Crippen MR) is 68.2 cm³/mol. The molecule has 7 heteroatoms. The first kappa shape index (κ1) is 13.9. The number of carbonyl (C=O) groups excluding carboxylic acids is 1. The molecule has 2 rings (SSSR count). The van der Waals surface area contributed by atoms with E-state index in [2.05, 4.69) is 27.3 Å². The van der Waals surface area contributed by atoms with Crippen molar-refractivity contribution in [1.29, 1.82) is 0 Å². The smallest absolute Gasteiger partial charge is 0.323 e. The van der Waals surface area contributed by atoms with Crippen LogP contribution in [0, 0.1) is 0 Å². The van der Waals surface area contributed by atoms with Crippen LogP contribution < -0.4 is 0 Å². The summed E-state index contributed by atoms with van der Waals surface area (Å²) in [7, 11) is 0. The highest BCUT2D eigenvalue weighted by molar-refractivity contribution is 5.76. The summed E-state index contributed by atoms with van der Waals surface area (Å²) in [6.45, 7) is 6.65. The van der Waals surface area contributed by atoms with E-state index in [4.69, 9.17) is 4.74 Å². The lowest BCUT2D eigenvalue weighted by atomic mass is 10.2. The highest BCUT2D eigenvalue weighted by Gasteiger charge is 2.32. The molecule has 106 valence electrons. The van der Waals surface area contributed by atoms with Crippen LogP contribution in [0.25, 0.3) is 0 Å². The number of hydrogen-bond donors (Lipinski definition) is 0. The highest BCUT2D eigenvalue weighted by atomic mass is 16.5. The molecule has 1 saturated heterocycles. The summed E-state index contributed by atoms with van der Waals surface area (Å²) in [5.74, 6) is 0.688. The molecule has 0 aliphatic carbocycles. The maximum atomic E-state index is 11.9. The summed E-state index contributed by atoms with van der Waals surface area (Å²) in [6, 6.07) is -0.147. The third kappa shape index (κ3) is 3.28. The van der Waals surface area contributed by atoms with Crippen LogP contribution in [0.1, 0.15) is 38.9 Å². The number of esters is 1. The van der Waals surface area contributed by atoms with Gasteiger partial charge in [-0.25, -0.2) is 4.68 Å². The van der Waals surface area contributed by atoms with Gasteiger partial charge in [0.1, 0.15) is 6.04 Å². The van der Waals surface area contributed by atoms with Crippen molar-refractivity contribution < 1.29 is 9.53 Å². The molecule has 1 unspecified atom stereocenters. The van der Waals surface area contributed by atoms with E-state index in [1.165, 1.54) is 0 Å². The fourth-order valence-corrected chi connectivity index (χ4v) is 2.42. The van der Waals surface area contributed by atoms with Gasteiger partial charge in [-0.3, -0.25) is 9.69 Å². The minimum absolute atomic E-state index is 0.130. The van der Waals surface area contributed by atoms with E-state index < -0.39 is 0 Å². The van der Waals surface area contributed by atoms with Gasteiger partial charge in [0, 0.05) is 6.54 Å². The van der Waals surface area contributed by atoms with Crippen molar-refractivity contribution in [3.8, 4) is 0 Å². The predicted octanol–water partition coefficient (Wildman–Crippen LogP) is 0.611. The summed E-state index contributed by atoms with van der Waals surface area (Å²) < 4.78 is 6.92. The van der Waals surface area contributed by atoms with E-state index in [1.807, 2.05) is 6.92 Å². The van der Waals surface area contributed by atoms with Gasteiger partial charge in [0.15, 0.2) is 5.82 Å². The van der Waals surface area contributed by atoms with Crippen molar-refractivity contribution in [1.82, 2.24) is 25.1 Å². The van der Waals surface area contributed by atoms with Gasteiger partial charge < -0.3 is 4.74 Å². The second kappa shape index (κ2) is 6.60. The van der Waals surface area contributed by atoms with Crippen LogP contribution in [0.3, 0.4) is 0 Å². The fourth-order valence-electron chi connectivity index (χ4n) is 2.42. The minimum Gasteiger partial charge on any atom is -0.465 e.